The average Bonchev–Trinajstić information content (AvgIpc) is 2.71. The van der Waals surface area contributed by atoms with Crippen LogP contribution in [0.3, 0.4) is 0 Å². The number of rotatable bonds is 6. The second-order valence-electron chi connectivity index (χ2n) is 6.42. The Morgan fingerprint density at radius 3 is 2.32 bits per heavy atom. The van der Waals surface area contributed by atoms with Crippen molar-refractivity contribution < 1.29 is 22.7 Å². The minimum atomic E-state index is -3.95. The molecular formula is C21H21NO5S. The van der Waals surface area contributed by atoms with Crippen molar-refractivity contribution in [2.75, 3.05) is 7.05 Å². The highest BCUT2D eigenvalue weighted by Crippen LogP contribution is 2.38. The molecule has 0 fully saturated rings. The predicted molar refractivity (Wildman–Crippen MR) is 105 cm³/mol. The van der Waals surface area contributed by atoms with E-state index in [2.05, 4.69) is 0 Å². The monoisotopic (exact) mass is 399 g/mol. The van der Waals surface area contributed by atoms with Crippen LogP contribution in [0.5, 0.6) is 0 Å². The molecule has 1 aliphatic heterocycles. The van der Waals surface area contributed by atoms with Crippen molar-refractivity contribution in [3.8, 4) is 0 Å². The molecule has 0 bridgehead atoms. The van der Waals surface area contributed by atoms with Crippen LogP contribution in [0.4, 0.5) is 0 Å². The highest BCUT2D eigenvalue weighted by Gasteiger charge is 2.39. The molecule has 0 N–H and O–H groups in total. The van der Waals surface area contributed by atoms with E-state index in [1.54, 1.807) is 48.5 Å². The van der Waals surface area contributed by atoms with Gasteiger partial charge >= 0.3 is 5.97 Å². The van der Waals surface area contributed by atoms with Gasteiger partial charge in [0.05, 0.1) is 4.90 Å². The molecule has 146 valence electrons. The summed E-state index contributed by atoms with van der Waals surface area (Å²) in [6.45, 7) is 1.95. The van der Waals surface area contributed by atoms with Gasteiger partial charge in [-0.15, -0.1) is 0 Å². The summed E-state index contributed by atoms with van der Waals surface area (Å²) in [7, 11) is -2.65. The highest BCUT2D eigenvalue weighted by molar-refractivity contribution is 7.89. The van der Waals surface area contributed by atoms with E-state index < -0.39 is 21.8 Å². The fourth-order valence-corrected chi connectivity index (χ4v) is 4.37. The zero-order valence-corrected chi connectivity index (χ0v) is 16.5. The second kappa shape index (κ2) is 7.98. The van der Waals surface area contributed by atoms with Crippen molar-refractivity contribution in [2.45, 2.75) is 31.1 Å². The molecule has 0 saturated heterocycles. The molecule has 2 aromatic carbocycles. The number of benzene rings is 2. The minimum Gasteiger partial charge on any atom is -0.423 e. The van der Waals surface area contributed by atoms with Gasteiger partial charge in [0.1, 0.15) is 5.70 Å². The van der Waals surface area contributed by atoms with Crippen molar-refractivity contribution in [2.24, 2.45) is 0 Å². The fourth-order valence-electron chi connectivity index (χ4n) is 2.98. The average molecular weight is 399 g/mol. The zero-order chi connectivity index (χ0) is 20.3. The first-order chi connectivity index (χ1) is 13.4. The Morgan fingerprint density at radius 1 is 1.00 bits per heavy atom. The van der Waals surface area contributed by atoms with E-state index in [1.165, 1.54) is 13.1 Å². The normalized spacial score (nSPS) is 15.1. The quantitative estimate of drug-likeness (QED) is 0.548. The van der Waals surface area contributed by atoms with Gasteiger partial charge in [0.25, 0.3) is 10.0 Å². The van der Waals surface area contributed by atoms with Crippen LogP contribution in [0, 0.1) is 0 Å². The molecule has 3 rings (SSSR count). The SMILES string of the molecule is CCCCC(=O)OC1=C(C(=O)c2ccccc2)N(C)S(=O)(=O)c2ccccc21. The minimum absolute atomic E-state index is 0.000373. The molecular weight excluding hydrogens is 378 g/mol. The molecule has 0 saturated carbocycles. The lowest BCUT2D eigenvalue weighted by atomic mass is 10.0. The van der Waals surface area contributed by atoms with Crippen molar-refractivity contribution >= 4 is 27.5 Å². The van der Waals surface area contributed by atoms with Gasteiger partial charge in [0, 0.05) is 24.6 Å². The third kappa shape index (κ3) is 3.57. The summed E-state index contributed by atoms with van der Waals surface area (Å²) >= 11 is 0. The molecule has 0 unspecified atom stereocenters. The van der Waals surface area contributed by atoms with Gasteiger partial charge < -0.3 is 4.74 Å². The number of hydrogen-bond donors (Lipinski definition) is 0. The van der Waals surface area contributed by atoms with Crippen LogP contribution in [-0.4, -0.2) is 31.5 Å². The Kier molecular flexibility index (Phi) is 5.65. The number of fused-ring (bicyclic) bond motifs is 1. The van der Waals surface area contributed by atoms with Gasteiger partial charge in [0.15, 0.2) is 5.76 Å². The van der Waals surface area contributed by atoms with E-state index in [4.69, 9.17) is 4.74 Å². The van der Waals surface area contributed by atoms with Gasteiger partial charge in [0.2, 0.25) is 5.78 Å². The number of ether oxygens (including phenoxy) is 1. The van der Waals surface area contributed by atoms with Crippen LogP contribution < -0.4 is 0 Å². The highest BCUT2D eigenvalue weighted by atomic mass is 32.2. The Bertz CT molecular complexity index is 1040. The topological polar surface area (TPSA) is 80.8 Å². The molecule has 1 heterocycles. The molecule has 0 spiro atoms. The lowest BCUT2D eigenvalue weighted by molar-refractivity contribution is -0.136. The van der Waals surface area contributed by atoms with Gasteiger partial charge in [-0.2, -0.15) is 0 Å². The lowest BCUT2D eigenvalue weighted by Crippen LogP contribution is -2.36. The number of unbranched alkanes of at least 4 members (excludes halogenated alkanes) is 1. The smallest absolute Gasteiger partial charge is 0.311 e. The molecule has 0 atom stereocenters. The number of ketones is 1. The molecule has 0 amide bonds. The maximum absolute atomic E-state index is 13.2. The summed E-state index contributed by atoms with van der Waals surface area (Å²) in [5.41, 5.74) is 0.348. The Hall–Kier alpha value is -2.93. The van der Waals surface area contributed by atoms with Crippen molar-refractivity contribution in [1.82, 2.24) is 4.31 Å². The fraction of sp³-hybridized carbons (Fsp3) is 0.238. The van der Waals surface area contributed by atoms with Gasteiger partial charge in [-0.3, -0.25) is 13.9 Å². The van der Waals surface area contributed by atoms with E-state index in [-0.39, 0.29) is 28.3 Å². The number of likely N-dealkylation sites (N-methyl/N-ethyl adjacent to an activating group) is 1. The molecule has 2 aromatic rings. The number of nitrogens with zero attached hydrogens (tertiary/aromatic N) is 1. The summed E-state index contributed by atoms with van der Waals surface area (Å²) in [5.74, 6) is -1.06. The molecule has 0 aliphatic carbocycles. The maximum atomic E-state index is 13.2. The molecule has 0 aromatic heterocycles. The van der Waals surface area contributed by atoms with Crippen molar-refractivity contribution in [3.05, 3.63) is 71.4 Å². The lowest BCUT2D eigenvalue weighted by Gasteiger charge is -2.30. The molecule has 28 heavy (non-hydrogen) atoms. The van der Waals surface area contributed by atoms with Crippen LogP contribution >= 0.6 is 0 Å². The second-order valence-corrected chi connectivity index (χ2v) is 8.36. The van der Waals surface area contributed by atoms with Crippen LogP contribution in [0.15, 0.2) is 65.2 Å². The van der Waals surface area contributed by atoms with Crippen molar-refractivity contribution in [3.63, 3.8) is 0 Å². The number of carbonyl (C=O) groups excluding carboxylic acids is 2. The van der Waals surface area contributed by atoms with E-state index >= 15 is 0 Å². The van der Waals surface area contributed by atoms with E-state index in [9.17, 15) is 18.0 Å². The number of allylic oxidation sites excluding steroid dienone is 1. The van der Waals surface area contributed by atoms with Gasteiger partial charge in [-0.05, 0) is 18.6 Å². The summed E-state index contributed by atoms with van der Waals surface area (Å²) in [6, 6.07) is 14.5. The number of esters is 1. The van der Waals surface area contributed by atoms with Crippen LogP contribution in [0.2, 0.25) is 0 Å². The molecule has 0 radical (unpaired) electrons. The summed E-state index contributed by atoms with van der Waals surface area (Å²) in [6.07, 6.45) is 1.64. The summed E-state index contributed by atoms with van der Waals surface area (Å²) in [5, 5.41) is 0. The van der Waals surface area contributed by atoms with Gasteiger partial charge in [-0.1, -0.05) is 55.8 Å². The Balaban J connectivity index is 2.20. The Labute approximate surface area is 164 Å². The first-order valence-electron chi connectivity index (χ1n) is 9.01. The number of carbonyl (C=O) groups is 2. The number of Topliss-reactive ketones (excluding diaryl/α,β-unsaturated/α-hetero) is 1. The standard InChI is InChI=1S/C21H21NO5S/c1-3-4-14-18(23)27-21-16-12-8-9-13-17(16)28(25,26)22(2)19(21)20(24)15-10-6-5-7-11-15/h5-13H,3-4,14H2,1-2H3. The molecule has 6 nitrogen and oxygen atoms in total. The van der Waals surface area contributed by atoms with Gasteiger partial charge in [-0.25, -0.2) is 8.42 Å². The first kappa shape index (κ1) is 19.8. The van der Waals surface area contributed by atoms with Crippen LogP contribution in [-0.2, 0) is 19.6 Å². The van der Waals surface area contributed by atoms with Crippen LogP contribution in [0.1, 0.15) is 42.1 Å². The number of sulfonamides is 1. The third-order valence-corrected chi connectivity index (χ3v) is 6.32. The predicted octanol–water partition coefficient (Wildman–Crippen LogP) is 3.61. The summed E-state index contributed by atoms with van der Waals surface area (Å²) in [4.78, 5) is 25.5. The first-order valence-corrected chi connectivity index (χ1v) is 10.4. The van der Waals surface area contributed by atoms with E-state index in [0.717, 1.165) is 10.7 Å². The molecule has 1 aliphatic rings. The van der Waals surface area contributed by atoms with Crippen LogP contribution in [0.25, 0.3) is 5.76 Å². The Morgan fingerprint density at radius 2 is 1.64 bits per heavy atom. The maximum Gasteiger partial charge on any atom is 0.311 e. The summed E-state index contributed by atoms with van der Waals surface area (Å²) < 4.78 is 32.4. The molecule has 7 heteroatoms. The van der Waals surface area contributed by atoms with E-state index in [0.29, 0.717) is 12.0 Å². The number of hydrogen-bond acceptors (Lipinski definition) is 5. The largest absolute Gasteiger partial charge is 0.423 e. The third-order valence-electron chi connectivity index (χ3n) is 4.50. The van der Waals surface area contributed by atoms with E-state index in [1.807, 2.05) is 6.92 Å². The van der Waals surface area contributed by atoms with Crippen molar-refractivity contribution in [1.29, 1.82) is 0 Å². The zero-order valence-electron chi connectivity index (χ0n) is 15.7.